The number of nitrogens with zero attached hydrogens (tertiary/aromatic N) is 3. The number of carbonyl (C=O) groups excluding carboxylic acids is 2. The van der Waals surface area contributed by atoms with Crippen molar-refractivity contribution in [1.29, 1.82) is 0 Å². The van der Waals surface area contributed by atoms with Crippen LogP contribution in [-0.2, 0) is 4.79 Å². The van der Waals surface area contributed by atoms with Gasteiger partial charge in [0.05, 0.1) is 10.7 Å². The Hall–Kier alpha value is -2.54. The molecule has 0 aliphatic rings. The van der Waals surface area contributed by atoms with Gasteiger partial charge in [0.2, 0.25) is 11.0 Å². The maximum atomic E-state index is 12.3. The van der Waals surface area contributed by atoms with E-state index in [0.29, 0.717) is 10.0 Å². The number of rotatable bonds is 7. The molecular formula is C17H11BrClN5O4S2. The average molecular weight is 529 g/mol. The quantitative estimate of drug-likeness (QED) is 0.194. The van der Waals surface area contributed by atoms with Crippen molar-refractivity contribution in [3.63, 3.8) is 0 Å². The number of amides is 2. The van der Waals surface area contributed by atoms with E-state index in [1.807, 2.05) is 12.1 Å². The molecule has 1 heterocycles. The molecule has 2 aromatic carbocycles. The molecule has 2 N–H and O–H groups in total. The molecule has 0 saturated carbocycles. The Morgan fingerprint density at radius 3 is 2.60 bits per heavy atom. The average Bonchev–Trinajstić information content (AvgIpc) is 3.15. The SMILES string of the molecule is O=C(CSc1nnc(NC(=O)c2ccc(Cl)c([N+](=O)[O-])c2)s1)Nc1ccc(Br)cc1. The van der Waals surface area contributed by atoms with Crippen molar-refractivity contribution in [3.05, 3.63) is 67.6 Å². The van der Waals surface area contributed by atoms with Crippen molar-refractivity contribution in [3.8, 4) is 0 Å². The second kappa shape index (κ2) is 9.98. The molecule has 0 radical (unpaired) electrons. The molecule has 0 aliphatic carbocycles. The molecule has 3 aromatic rings. The van der Waals surface area contributed by atoms with Crippen molar-refractivity contribution in [1.82, 2.24) is 10.2 Å². The summed E-state index contributed by atoms with van der Waals surface area (Å²) in [6, 6.07) is 10.9. The monoisotopic (exact) mass is 527 g/mol. The third kappa shape index (κ3) is 5.98. The van der Waals surface area contributed by atoms with E-state index in [9.17, 15) is 19.7 Å². The summed E-state index contributed by atoms with van der Waals surface area (Å²) in [6.45, 7) is 0. The van der Waals surface area contributed by atoms with Gasteiger partial charge < -0.3 is 5.32 Å². The fraction of sp³-hybridized carbons (Fsp3) is 0.0588. The van der Waals surface area contributed by atoms with Gasteiger partial charge in [0.25, 0.3) is 11.6 Å². The third-order valence-corrected chi connectivity index (χ3v) is 6.31. The van der Waals surface area contributed by atoms with Crippen LogP contribution in [-0.4, -0.2) is 32.7 Å². The Labute approximate surface area is 191 Å². The normalized spacial score (nSPS) is 10.5. The van der Waals surface area contributed by atoms with Gasteiger partial charge in [-0.25, -0.2) is 0 Å². The molecule has 0 bridgehead atoms. The molecule has 0 unspecified atom stereocenters. The summed E-state index contributed by atoms with van der Waals surface area (Å²) in [5, 5.41) is 24.1. The Balaban J connectivity index is 1.55. The number of hydrogen-bond donors (Lipinski definition) is 2. The largest absolute Gasteiger partial charge is 0.325 e. The Morgan fingerprint density at radius 2 is 1.90 bits per heavy atom. The van der Waals surface area contributed by atoms with E-state index < -0.39 is 10.8 Å². The van der Waals surface area contributed by atoms with Gasteiger partial charge in [0.15, 0.2) is 4.34 Å². The van der Waals surface area contributed by atoms with Gasteiger partial charge in [-0.3, -0.25) is 25.0 Å². The molecule has 13 heteroatoms. The number of halogens is 2. The number of aromatic nitrogens is 2. The maximum absolute atomic E-state index is 12.3. The van der Waals surface area contributed by atoms with Crippen molar-refractivity contribution < 1.29 is 14.5 Å². The fourth-order valence-corrected chi connectivity index (χ4v) is 4.14. The van der Waals surface area contributed by atoms with Gasteiger partial charge in [0, 0.05) is 21.8 Å². The minimum atomic E-state index is -0.669. The molecule has 9 nitrogen and oxygen atoms in total. The van der Waals surface area contributed by atoms with E-state index >= 15 is 0 Å². The molecule has 0 saturated heterocycles. The zero-order valence-corrected chi connectivity index (χ0v) is 18.8. The number of hydrogen-bond acceptors (Lipinski definition) is 8. The van der Waals surface area contributed by atoms with Crippen LogP contribution in [0.25, 0.3) is 0 Å². The topological polar surface area (TPSA) is 127 Å². The van der Waals surface area contributed by atoms with Crippen molar-refractivity contribution in [2.24, 2.45) is 0 Å². The smallest absolute Gasteiger partial charge is 0.288 e. The van der Waals surface area contributed by atoms with Crippen LogP contribution < -0.4 is 10.6 Å². The van der Waals surface area contributed by atoms with Crippen LogP contribution in [0.5, 0.6) is 0 Å². The van der Waals surface area contributed by atoms with Gasteiger partial charge in [-0.1, -0.05) is 50.6 Å². The molecule has 2 amide bonds. The minimum absolute atomic E-state index is 0.0596. The maximum Gasteiger partial charge on any atom is 0.288 e. The van der Waals surface area contributed by atoms with E-state index in [0.717, 1.165) is 21.9 Å². The molecule has 0 aliphatic heterocycles. The summed E-state index contributed by atoms with van der Waals surface area (Å²) in [4.78, 5) is 34.6. The number of thioether (sulfide) groups is 1. The molecule has 1 aromatic heterocycles. The lowest BCUT2D eigenvalue weighted by molar-refractivity contribution is -0.384. The number of anilines is 2. The number of carbonyl (C=O) groups is 2. The highest BCUT2D eigenvalue weighted by Crippen LogP contribution is 2.28. The lowest BCUT2D eigenvalue weighted by Crippen LogP contribution is -2.13. The van der Waals surface area contributed by atoms with Gasteiger partial charge in [-0.2, -0.15) is 0 Å². The summed E-state index contributed by atoms with van der Waals surface area (Å²) in [5.74, 6) is -0.686. The van der Waals surface area contributed by atoms with E-state index in [1.165, 1.54) is 23.9 Å². The zero-order chi connectivity index (χ0) is 21.7. The minimum Gasteiger partial charge on any atom is -0.325 e. The summed E-state index contributed by atoms with van der Waals surface area (Å²) in [5.41, 5.74) is 0.366. The van der Waals surface area contributed by atoms with E-state index in [2.05, 4.69) is 36.8 Å². The Morgan fingerprint density at radius 1 is 1.17 bits per heavy atom. The highest BCUT2D eigenvalue weighted by molar-refractivity contribution is 9.10. The predicted molar refractivity (Wildman–Crippen MR) is 119 cm³/mol. The van der Waals surface area contributed by atoms with Crippen LogP contribution in [0.2, 0.25) is 5.02 Å². The molecule has 0 spiro atoms. The number of nitro groups is 1. The van der Waals surface area contributed by atoms with E-state index in [4.69, 9.17) is 11.6 Å². The van der Waals surface area contributed by atoms with Gasteiger partial charge in [0.1, 0.15) is 5.02 Å². The standard InChI is InChI=1S/C17H11BrClN5O4S2/c18-10-2-4-11(5-3-10)20-14(25)8-29-17-23-22-16(30-17)21-15(26)9-1-6-12(19)13(7-9)24(27)28/h1-7H,8H2,(H,20,25)(H,21,22,26). The van der Waals surface area contributed by atoms with Crippen LogP contribution in [0.3, 0.4) is 0 Å². The van der Waals surface area contributed by atoms with Crippen molar-refractivity contribution in [2.75, 3.05) is 16.4 Å². The lowest BCUT2D eigenvalue weighted by Gasteiger charge is -2.03. The van der Waals surface area contributed by atoms with Crippen LogP contribution in [0.1, 0.15) is 10.4 Å². The van der Waals surface area contributed by atoms with Gasteiger partial charge in [-0.05, 0) is 36.4 Å². The zero-order valence-electron chi connectivity index (χ0n) is 14.8. The number of benzene rings is 2. The highest BCUT2D eigenvalue weighted by atomic mass is 79.9. The first kappa shape index (κ1) is 22.2. The molecule has 154 valence electrons. The van der Waals surface area contributed by atoms with Gasteiger partial charge >= 0.3 is 0 Å². The predicted octanol–water partition coefficient (Wildman–Crippen LogP) is 4.85. The lowest BCUT2D eigenvalue weighted by atomic mass is 10.2. The molecule has 30 heavy (non-hydrogen) atoms. The second-order valence-corrected chi connectivity index (χ2v) is 9.12. The number of nitro benzene ring substituents is 1. The second-order valence-electron chi connectivity index (χ2n) is 5.59. The van der Waals surface area contributed by atoms with Crippen LogP contribution in [0.4, 0.5) is 16.5 Å². The Kier molecular flexibility index (Phi) is 7.37. The number of nitrogens with one attached hydrogen (secondary N) is 2. The summed E-state index contributed by atoms with van der Waals surface area (Å²) < 4.78 is 1.39. The third-order valence-electron chi connectivity index (χ3n) is 3.49. The summed E-state index contributed by atoms with van der Waals surface area (Å²) in [7, 11) is 0. The van der Waals surface area contributed by atoms with Crippen LogP contribution >= 0.6 is 50.6 Å². The first-order valence-electron chi connectivity index (χ1n) is 8.09. The first-order valence-corrected chi connectivity index (χ1v) is 11.1. The Bertz CT molecular complexity index is 1110. The first-order chi connectivity index (χ1) is 14.3. The highest BCUT2D eigenvalue weighted by Gasteiger charge is 2.17. The van der Waals surface area contributed by atoms with E-state index in [-0.39, 0.29) is 33.1 Å². The van der Waals surface area contributed by atoms with Crippen molar-refractivity contribution >= 4 is 79.0 Å². The molecular weight excluding hydrogens is 518 g/mol. The van der Waals surface area contributed by atoms with E-state index in [1.54, 1.807) is 12.1 Å². The molecule has 0 fully saturated rings. The molecule has 0 atom stereocenters. The van der Waals surface area contributed by atoms with Crippen LogP contribution in [0, 0.1) is 10.1 Å². The summed E-state index contributed by atoms with van der Waals surface area (Å²) >= 11 is 11.3. The fourth-order valence-electron chi connectivity index (χ4n) is 2.14. The van der Waals surface area contributed by atoms with Gasteiger partial charge in [-0.15, -0.1) is 10.2 Å². The van der Waals surface area contributed by atoms with Crippen LogP contribution in [0.15, 0.2) is 51.3 Å². The summed E-state index contributed by atoms with van der Waals surface area (Å²) in [6.07, 6.45) is 0. The van der Waals surface area contributed by atoms with Crippen molar-refractivity contribution in [2.45, 2.75) is 4.34 Å². The molecule has 3 rings (SSSR count).